The van der Waals surface area contributed by atoms with E-state index < -0.39 is 8.07 Å². The highest BCUT2D eigenvalue weighted by Crippen LogP contribution is 2.55. The van der Waals surface area contributed by atoms with Crippen LogP contribution in [0.3, 0.4) is 0 Å². The summed E-state index contributed by atoms with van der Waals surface area (Å²) in [7, 11) is -1.66. The van der Waals surface area contributed by atoms with Crippen LogP contribution in [0.2, 0.25) is 18.6 Å². The molecule has 0 heterocycles. The Labute approximate surface area is 148 Å². The molecule has 3 rings (SSSR count). The van der Waals surface area contributed by atoms with Gasteiger partial charge in [0.15, 0.2) is 0 Å². The molecule has 0 bridgehead atoms. The first-order valence-corrected chi connectivity index (χ1v) is 12.3. The molecule has 0 radical (unpaired) electrons. The van der Waals surface area contributed by atoms with Crippen molar-refractivity contribution in [1.29, 1.82) is 0 Å². The van der Waals surface area contributed by atoms with E-state index in [0.29, 0.717) is 5.92 Å². The lowest BCUT2D eigenvalue weighted by Gasteiger charge is -2.39. The first kappa shape index (κ1) is 17.2. The largest absolute Gasteiger partial charge is 0.0992 e. The molecular weight excluding hydrogens is 304 g/mol. The van der Waals surface area contributed by atoms with Gasteiger partial charge in [-0.25, -0.2) is 0 Å². The van der Waals surface area contributed by atoms with Crippen LogP contribution in [0.1, 0.15) is 31.4 Å². The van der Waals surface area contributed by atoms with Crippen LogP contribution in [0.5, 0.6) is 0 Å². The molecule has 1 aromatic rings. The molecule has 0 amide bonds. The Balaban J connectivity index is 1.97. The van der Waals surface area contributed by atoms with E-state index in [-0.39, 0.29) is 0 Å². The Bertz CT molecular complexity index is 705. The van der Waals surface area contributed by atoms with Gasteiger partial charge < -0.3 is 0 Å². The second kappa shape index (κ2) is 6.72. The smallest absolute Gasteiger partial charge is 0.0845 e. The second-order valence-electron chi connectivity index (χ2n) is 8.04. The summed E-state index contributed by atoms with van der Waals surface area (Å²) >= 11 is 0. The molecule has 1 aromatic carbocycles. The summed E-state index contributed by atoms with van der Waals surface area (Å²) in [6.45, 7) is 14.3. The number of hydrogen-bond donors (Lipinski definition) is 0. The molecule has 2 aliphatic carbocycles. The van der Waals surface area contributed by atoms with E-state index >= 15 is 0 Å². The molecule has 0 spiro atoms. The third kappa shape index (κ3) is 2.91. The molecule has 1 saturated carbocycles. The van der Waals surface area contributed by atoms with Gasteiger partial charge in [0.1, 0.15) is 0 Å². The van der Waals surface area contributed by atoms with Crippen LogP contribution in [0.25, 0.3) is 11.3 Å². The van der Waals surface area contributed by atoms with E-state index in [4.69, 9.17) is 0 Å². The van der Waals surface area contributed by atoms with Crippen LogP contribution in [0, 0.1) is 17.8 Å². The van der Waals surface area contributed by atoms with E-state index in [0.717, 1.165) is 17.4 Å². The van der Waals surface area contributed by atoms with Gasteiger partial charge in [-0.3, -0.25) is 0 Å². The maximum absolute atomic E-state index is 4.64. The maximum atomic E-state index is 4.64. The number of allylic oxidation sites excluding steroid dienone is 5. The number of benzene rings is 1. The molecule has 0 saturated heterocycles. The lowest BCUT2D eigenvalue weighted by atomic mass is 9.92. The van der Waals surface area contributed by atoms with Crippen LogP contribution in [-0.4, -0.2) is 8.07 Å². The second-order valence-corrected chi connectivity index (χ2v) is 12.8. The van der Waals surface area contributed by atoms with Crippen molar-refractivity contribution in [3.63, 3.8) is 0 Å². The fourth-order valence-corrected chi connectivity index (χ4v) is 9.29. The van der Waals surface area contributed by atoms with Crippen LogP contribution in [0.4, 0.5) is 0 Å². The third-order valence-electron chi connectivity index (χ3n) is 6.21. The van der Waals surface area contributed by atoms with Crippen molar-refractivity contribution in [3.05, 3.63) is 72.4 Å². The van der Waals surface area contributed by atoms with Gasteiger partial charge in [-0.2, -0.15) is 0 Å². The number of rotatable bonds is 4. The highest BCUT2D eigenvalue weighted by molar-refractivity contribution is 6.95. The molecule has 0 aromatic heterocycles. The van der Waals surface area contributed by atoms with Gasteiger partial charge >= 0.3 is 0 Å². The lowest BCUT2D eigenvalue weighted by Crippen LogP contribution is -2.39. The maximum Gasteiger partial charge on any atom is 0.0845 e. The topological polar surface area (TPSA) is 0 Å². The van der Waals surface area contributed by atoms with Gasteiger partial charge in [-0.05, 0) is 47.8 Å². The molecule has 2 aliphatic rings. The Kier molecular flexibility index (Phi) is 4.82. The summed E-state index contributed by atoms with van der Waals surface area (Å²) in [5.74, 6) is 2.22. The number of fused-ring (bicyclic) bond motifs is 1. The number of hydrogen-bond acceptors (Lipinski definition) is 0. The molecule has 1 fully saturated rings. The summed E-state index contributed by atoms with van der Waals surface area (Å²) in [6, 6.07) is 8.76. The molecular formula is C23H30Si. The Morgan fingerprint density at radius 2 is 1.88 bits per heavy atom. The molecule has 4 atom stereocenters. The van der Waals surface area contributed by atoms with Crippen molar-refractivity contribution >= 4 is 19.3 Å². The fraction of sp³-hybridized carbons (Fsp3) is 0.391. The SMILES string of the molecule is C=C(c1ccccc1C=CC)[Si](C)(C)C1C(C)CC2C=CC=CC21. The quantitative estimate of drug-likeness (QED) is 0.534. The normalized spacial score (nSPS) is 29.2. The highest BCUT2D eigenvalue weighted by atomic mass is 28.3. The Morgan fingerprint density at radius 3 is 2.62 bits per heavy atom. The van der Waals surface area contributed by atoms with Gasteiger partial charge in [0.05, 0.1) is 8.07 Å². The minimum Gasteiger partial charge on any atom is -0.0992 e. The molecule has 24 heavy (non-hydrogen) atoms. The predicted octanol–water partition coefficient (Wildman–Crippen LogP) is 6.75. The Hall–Kier alpha value is -1.60. The summed E-state index contributed by atoms with van der Waals surface area (Å²) in [6.07, 6.45) is 15.1. The van der Waals surface area contributed by atoms with Crippen molar-refractivity contribution in [1.82, 2.24) is 0 Å². The summed E-state index contributed by atoms with van der Waals surface area (Å²) in [5, 5.41) is 1.41. The van der Waals surface area contributed by atoms with Crippen molar-refractivity contribution < 1.29 is 0 Å². The highest BCUT2D eigenvalue weighted by Gasteiger charge is 2.49. The van der Waals surface area contributed by atoms with Gasteiger partial charge in [0, 0.05) is 0 Å². The van der Waals surface area contributed by atoms with Crippen LogP contribution < -0.4 is 0 Å². The van der Waals surface area contributed by atoms with E-state index in [1.165, 1.54) is 22.7 Å². The van der Waals surface area contributed by atoms with Crippen molar-refractivity contribution in [2.45, 2.75) is 38.9 Å². The van der Waals surface area contributed by atoms with Crippen LogP contribution in [0.15, 0.2) is 61.2 Å². The first-order valence-electron chi connectivity index (χ1n) is 9.23. The summed E-state index contributed by atoms with van der Waals surface area (Å²) < 4.78 is 0. The molecule has 1 heteroatoms. The Morgan fingerprint density at radius 1 is 1.17 bits per heavy atom. The molecule has 0 aliphatic heterocycles. The van der Waals surface area contributed by atoms with E-state index in [9.17, 15) is 0 Å². The standard InChI is InChI=1S/C23H30Si/c1-6-11-19-12-7-9-14-21(19)18(3)24(4,5)23-17(2)16-20-13-8-10-15-22(20)23/h6-15,17,20,22-23H,3,16H2,1-2,4-5H3. The van der Waals surface area contributed by atoms with E-state index in [1.807, 2.05) is 0 Å². The third-order valence-corrected chi connectivity index (χ3v) is 10.7. The molecule has 4 unspecified atom stereocenters. The summed E-state index contributed by atoms with van der Waals surface area (Å²) in [4.78, 5) is 0. The minimum absolute atomic E-state index is 0.706. The van der Waals surface area contributed by atoms with Crippen LogP contribution in [-0.2, 0) is 0 Å². The van der Waals surface area contributed by atoms with Gasteiger partial charge in [0.2, 0.25) is 0 Å². The van der Waals surface area contributed by atoms with E-state index in [2.05, 4.69) is 94.2 Å². The van der Waals surface area contributed by atoms with E-state index in [1.54, 1.807) is 0 Å². The van der Waals surface area contributed by atoms with Crippen LogP contribution >= 0.6 is 0 Å². The lowest BCUT2D eigenvalue weighted by molar-refractivity contribution is 0.544. The van der Waals surface area contributed by atoms with Gasteiger partial charge in [0.25, 0.3) is 0 Å². The average molecular weight is 335 g/mol. The zero-order valence-electron chi connectivity index (χ0n) is 15.5. The fourth-order valence-electron chi connectivity index (χ4n) is 5.08. The van der Waals surface area contributed by atoms with Gasteiger partial charge in [-0.1, -0.05) is 92.5 Å². The zero-order chi connectivity index (χ0) is 17.3. The summed E-state index contributed by atoms with van der Waals surface area (Å²) in [5.41, 5.74) is 3.44. The first-order chi connectivity index (χ1) is 11.5. The van der Waals surface area contributed by atoms with Crippen molar-refractivity contribution in [2.75, 3.05) is 0 Å². The minimum atomic E-state index is -1.66. The monoisotopic (exact) mass is 334 g/mol. The van der Waals surface area contributed by atoms with Crippen molar-refractivity contribution in [3.8, 4) is 0 Å². The van der Waals surface area contributed by atoms with Crippen molar-refractivity contribution in [2.24, 2.45) is 17.8 Å². The zero-order valence-corrected chi connectivity index (χ0v) is 16.5. The predicted molar refractivity (Wildman–Crippen MR) is 110 cm³/mol. The molecule has 0 N–H and O–H groups in total. The van der Waals surface area contributed by atoms with Gasteiger partial charge in [-0.15, -0.1) is 0 Å². The molecule has 126 valence electrons. The average Bonchev–Trinajstić information content (AvgIpc) is 2.91. The molecule has 0 nitrogen and oxygen atoms in total.